The van der Waals surface area contributed by atoms with Crippen LogP contribution in [-0.4, -0.2) is 42.3 Å². The van der Waals surface area contributed by atoms with Gasteiger partial charge in [-0.2, -0.15) is 0 Å². The van der Waals surface area contributed by atoms with Crippen molar-refractivity contribution in [3.8, 4) is 5.69 Å². The number of carbonyl (C=O) groups is 2. The van der Waals surface area contributed by atoms with Crippen LogP contribution < -0.4 is 0 Å². The molecule has 166 valence electrons. The molecule has 1 aliphatic heterocycles. The van der Waals surface area contributed by atoms with Crippen LogP contribution in [0.15, 0.2) is 60.6 Å². The van der Waals surface area contributed by atoms with E-state index in [2.05, 4.69) is 37.9 Å². The molecule has 1 aromatic carbocycles. The summed E-state index contributed by atoms with van der Waals surface area (Å²) >= 11 is 2.25. The molecule has 4 aromatic rings. The normalized spacial score (nSPS) is 15.4. The van der Waals surface area contributed by atoms with E-state index in [1.807, 2.05) is 47.3 Å². The van der Waals surface area contributed by atoms with Gasteiger partial charge in [-0.3, -0.25) is 0 Å². The zero-order valence-corrected chi connectivity index (χ0v) is 19.9. The standard InChI is InChI=1S/C23H18IN5O4/c1-23(2)32-21(30)19(22(31)33-23)10-14-11-28(20-18(14)4-3-9-25-20)12-16-13-29(27-26-16)17-7-5-15(24)6-8-17/h3-11,13H,12H2,1-2H3. The van der Waals surface area contributed by atoms with Gasteiger partial charge in [-0.1, -0.05) is 5.21 Å². The number of halogens is 1. The minimum atomic E-state index is -1.29. The van der Waals surface area contributed by atoms with Gasteiger partial charge in [0.25, 0.3) is 5.79 Å². The number of rotatable bonds is 4. The van der Waals surface area contributed by atoms with E-state index in [1.165, 1.54) is 19.9 Å². The molecule has 1 aliphatic rings. The van der Waals surface area contributed by atoms with Crippen molar-refractivity contribution in [2.45, 2.75) is 26.2 Å². The van der Waals surface area contributed by atoms with Gasteiger partial charge in [0, 0.05) is 40.8 Å². The Kier molecular flexibility index (Phi) is 5.23. The van der Waals surface area contributed by atoms with Crippen LogP contribution in [0, 0.1) is 3.57 Å². The first kappa shape index (κ1) is 21.3. The Hall–Kier alpha value is -3.54. The van der Waals surface area contributed by atoms with Crippen LogP contribution in [0.3, 0.4) is 0 Å². The second-order valence-electron chi connectivity index (χ2n) is 7.95. The summed E-state index contributed by atoms with van der Waals surface area (Å²) in [5.41, 5.74) is 2.81. The number of aromatic nitrogens is 5. The van der Waals surface area contributed by atoms with Crippen molar-refractivity contribution in [2.75, 3.05) is 0 Å². The average molecular weight is 555 g/mol. The lowest BCUT2D eigenvalue weighted by Gasteiger charge is -2.29. The molecule has 4 heterocycles. The molecule has 10 heteroatoms. The van der Waals surface area contributed by atoms with Crippen molar-refractivity contribution >= 4 is 51.6 Å². The second-order valence-corrected chi connectivity index (χ2v) is 9.20. The van der Waals surface area contributed by atoms with Crippen LogP contribution in [0.2, 0.25) is 0 Å². The van der Waals surface area contributed by atoms with Gasteiger partial charge in [-0.05, 0) is 65.1 Å². The summed E-state index contributed by atoms with van der Waals surface area (Å²) in [6, 6.07) is 11.6. The molecular weight excluding hydrogens is 537 g/mol. The summed E-state index contributed by atoms with van der Waals surface area (Å²) in [6.07, 6.45) is 6.83. The second kappa shape index (κ2) is 8.10. The third-order valence-corrected chi connectivity index (χ3v) is 5.76. The van der Waals surface area contributed by atoms with E-state index in [9.17, 15) is 9.59 Å². The third kappa shape index (κ3) is 4.25. The summed E-state index contributed by atoms with van der Waals surface area (Å²) < 4.78 is 15.1. The number of nitrogens with zero attached hydrogens (tertiary/aromatic N) is 5. The molecule has 0 bridgehead atoms. The molecule has 0 unspecified atom stereocenters. The van der Waals surface area contributed by atoms with Gasteiger partial charge >= 0.3 is 11.9 Å². The molecule has 0 amide bonds. The van der Waals surface area contributed by atoms with Crippen LogP contribution in [0.5, 0.6) is 0 Å². The summed E-state index contributed by atoms with van der Waals surface area (Å²) in [5.74, 6) is -2.73. The van der Waals surface area contributed by atoms with Gasteiger partial charge in [0.2, 0.25) is 0 Å². The highest BCUT2D eigenvalue weighted by atomic mass is 127. The van der Waals surface area contributed by atoms with E-state index >= 15 is 0 Å². The predicted octanol–water partition coefficient (Wildman–Crippen LogP) is 3.49. The minimum absolute atomic E-state index is 0.165. The third-order valence-electron chi connectivity index (χ3n) is 5.05. The van der Waals surface area contributed by atoms with Crippen molar-refractivity contribution in [3.63, 3.8) is 0 Å². The first-order chi connectivity index (χ1) is 15.8. The molecule has 9 nitrogen and oxygen atoms in total. The zero-order valence-electron chi connectivity index (χ0n) is 17.7. The fourth-order valence-corrected chi connectivity index (χ4v) is 3.94. The molecule has 3 aromatic heterocycles. The number of cyclic esters (lactones) is 2. The van der Waals surface area contributed by atoms with Crippen LogP contribution >= 0.6 is 22.6 Å². The summed E-state index contributed by atoms with van der Waals surface area (Å²) in [4.78, 5) is 29.2. The molecule has 1 fully saturated rings. The van der Waals surface area contributed by atoms with Crippen LogP contribution in [-0.2, 0) is 25.6 Å². The van der Waals surface area contributed by atoms with Gasteiger partial charge < -0.3 is 14.0 Å². The maximum absolute atomic E-state index is 12.4. The maximum atomic E-state index is 12.4. The molecular formula is C23H18IN5O4. The van der Waals surface area contributed by atoms with E-state index in [0.29, 0.717) is 17.8 Å². The molecule has 0 radical (unpaired) electrons. The monoisotopic (exact) mass is 555 g/mol. The highest BCUT2D eigenvalue weighted by Crippen LogP contribution is 2.27. The Balaban J connectivity index is 1.48. The minimum Gasteiger partial charge on any atom is -0.419 e. The number of hydrogen-bond acceptors (Lipinski definition) is 7. The Bertz CT molecular complexity index is 1400. The van der Waals surface area contributed by atoms with E-state index < -0.39 is 17.7 Å². The highest BCUT2D eigenvalue weighted by molar-refractivity contribution is 14.1. The van der Waals surface area contributed by atoms with Gasteiger partial charge in [0.15, 0.2) is 0 Å². The van der Waals surface area contributed by atoms with Crippen molar-refractivity contribution in [3.05, 3.63) is 75.4 Å². The Labute approximate surface area is 202 Å². The lowest BCUT2D eigenvalue weighted by molar-refractivity contribution is -0.222. The molecule has 33 heavy (non-hydrogen) atoms. The molecule has 0 saturated carbocycles. The van der Waals surface area contributed by atoms with Gasteiger partial charge in [-0.25, -0.2) is 19.3 Å². The van der Waals surface area contributed by atoms with Gasteiger partial charge in [-0.15, -0.1) is 5.10 Å². The molecule has 5 rings (SSSR count). The van der Waals surface area contributed by atoms with Crippen molar-refractivity contribution < 1.29 is 19.1 Å². The topological polar surface area (TPSA) is 101 Å². The lowest BCUT2D eigenvalue weighted by atomic mass is 10.1. The van der Waals surface area contributed by atoms with Crippen LogP contribution in [0.4, 0.5) is 0 Å². The van der Waals surface area contributed by atoms with Crippen LogP contribution in [0.25, 0.3) is 22.8 Å². The SMILES string of the molecule is CC1(C)OC(=O)C(=Cc2cn(Cc3cn(-c4ccc(I)cc4)nn3)c3ncccc23)C(=O)O1. The van der Waals surface area contributed by atoms with Gasteiger partial charge in [0.1, 0.15) is 16.9 Å². The summed E-state index contributed by atoms with van der Waals surface area (Å²) in [5, 5.41) is 9.28. The largest absolute Gasteiger partial charge is 0.419 e. The molecule has 0 N–H and O–H groups in total. The Morgan fingerprint density at radius 3 is 2.52 bits per heavy atom. The Morgan fingerprint density at radius 2 is 1.79 bits per heavy atom. The molecule has 0 atom stereocenters. The van der Waals surface area contributed by atoms with Crippen molar-refractivity contribution in [1.29, 1.82) is 0 Å². The molecule has 1 saturated heterocycles. The quantitative estimate of drug-likeness (QED) is 0.165. The van der Waals surface area contributed by atoms with E-state index in [1.54, 1.807) is 16.9 Å². The molecule has 0 aliphatic carbocycles. The lowest BCUT2D eigenvalue weighted by Crippen LogP contribution is -2.41. The van der Waals surface area contributed by atoms with E-state index in [0.717, 1.165) is 20.3 Å². The Morgan fingerprint density at radius 1 is 1.06 bits per heavy atom. The summed E-state index contributed by atoms with van der Waals surface area (Å²) in [6.45, 7) is 3.43. The van der Waals surface area contributed by atoms with Crippen molar-refractivity contribution in [1.82, 2.24) is 24.5 Å². The fourth-order valence-electron chi connectivity index (χ4n) is 3.58. The number of pyridine rings is 1. The summed E-state index contributed by atoms with van der Waals surface area (Å²) in [7, 11) is 0. The van der Waals surface area contributed by atoms with E-state index in [-0.39, 0.29) is 5.57 Å². The first-order valence-electron chi connectivity index (χ1n) is 10.1. The van der Waals surface area contributed by atoms with E-state index in [4.69, 9.17) is 9.47 Å². The number of carbonyl (C=O) groups excluding carboxylic acids is 2. The predicted molar refractivity (Wildman–Crippen MR) is 127 cm³/mol. The first-order valence-corrected chi connectivity index (χ1v) is 11.2. The number of benzene rings is 1. The highest BCUT2D eigenvalue weighted by Gasteiger charge is 2.39. The number of ether oxygens (including phenoxy) is 2. The molecule has 0 spiro atoms. The maximum Gasteiger partial charge on any atom is 0.348 e. The fraction of sp³-hybridized carbons (Fsp3) is 0.174. The van der Waals surface area contributed by atoms with Gasteiger partial charge in [0.05, 0.1) is 18.4 Å². The van der Waals surface area contributed by atoms with Crippen LogP contribution in [0.1, 0.15) is 25.1 Å². The number of fused-ring (bicyclic) bond motifs is 1. The number of esters is 2. The zero-order chi connectivity index (χ0) is 23.2. The number of hydrogen-bond donors (Lipinski definition) is 0. The van der Waals surface area contributed by atoms with Crippen molar-refractivity contribution in [2.24, 2.45) is 0 Å². The average Bonchev–Trinajstić information content (AvgIpc) is 3.36. The smallest absolute Gasteiger partial charge is 0.348 e.